The van der Waals surface area contributed by atoms with Gasteiger partial charge in [-0.05, 0) is 25.5 Å². The van der Waals surface area contributed by atoms with E-state index in [9.17, 15) is 9.90 Å². The van der Waals surface area contributed by atoms with E-state index in [0.717, 1.165) is 16.9 Å². The van der Waals surface area contributed by atoms with Crippen LogP contribution in [0.4, 0.5) is 4.79 Å². The number of carbonyl (C=O) groups excluding carboxylic acids is 1. The molecule has 1 unspecified atom stereocenters. The van der Waals surface area contributed by atoms with E-state index in [4.69, 9.17) is 4.74 Å². The molecule has 128 valence electrons. The lowest BCUT2D eigenvalue weighted by Gasteiger charge is -2.24. The molecule has 0 aromatic heterocycles. The molecule has 24 heavy (non-hydrogen) atoms. The SMILES string of the molecule is CCOc1ccccc1CNC(=O)NCC(C)(O)c1ccccc1. The fourth-order valence-electron chi connectivity index (χ4n) is 2.34. The van der Waals surface area contributed by atoms with E-state index in [0.29, 0.717) is 13.2 Å². The number of aliphatic hydroxyl groups is 1. The third kappa shape index (κ3) is 4.99. The summed E-state index contributed by atoms with van der Waals surface area (Å²) in [5, 5.41) is 16.0. The molecule has 0 radical (unpaired) electrons. The van der Waals surface area contributed by atoms with Crippen molar-refractivity contribution in [3.63, 3.8) is 0 Å². The standard InChI is InChI=1S/C19H24N2O3/c1-3-24-17-12-8-7-9-15(17)13-20-18(22)21-14-19(2,23)16-10-5-4-6-11-16/h4-12,23H,3,13-14H2,1-2H3,(H2,20,21,22). The Hall–Kier alpha value is -2.53. The van der Waals surface area contributed by atoms with Gasteiger partial charge in [-0.3, -0.25) is 0 Å². The number of nitrogens with one attached hydrogen (secondary N) is 2. The Morgan fingerprint density at radius 1 is 1.08 bits per heavy atom. The van der Waals surface area contributed by atoms with Crippen molar-refractivity contribution < 1.29 is 14.6 Å². The first-order valence-electron chi connectivity index (χ1n) is 8.03. The maximum absolute atomic E-state index is 12.0. The number of amides is 2. The van der Waals surface area contributed by atoms with Crippen LogP contribution in [0.1, 0.15) is 25.0 Å². The molecule has 0 aliphatic rings. The molecule has 0 aliphatic heterocycles. The van der Waals surface area contributed by atoms with Gasteiger partial charge in [-0.15, -0.1) is 0 Å². The summed E-state index contributed by atoms with van der Waals surface area (Å²) in [6.07, 6.45) is 0. The maximum atomic E-state index is 12.0. The van der Waals surface area contributed by atoms with Crippen LogP contribution in [-0.4, -0.2) is 24.3 Å². The lowest BCUT2D eigenvalue weighted by molar-refractivity contribution is 0.0594. The molecule has 1 atom stereocenters. The second-order valence-corrected chi connectivity index (χ2v) is 5.72. The summed E-state index contributed by atoms with van der Waals surface area (Å²) in [5.74, 6) is 0.761. The third-order valence-corrected chi connectivity index (χ3v) is 3.70. The number of hydrogen-bond acceptors (Lipinski definition) is 3. The van der Waals surface area contributed by atoms with Crippen LogP contribution in [0.3, 0.4) is 0 Å². The summed E-state index contributed by atoms with van der Waals surface area (Å²) in [7, 11) is 0. The van der Waals surface area contributed by atoms with Gasteiger partial charge in [-0.2, -0.15) is 0 Å². The van der Waals surface area contributed by atoms with Crippen LogP contribution >= 0.6 is 0 Å². The average molecular weight is 328 g/mol. The van der Waals surface area contributed by atoms with E-state index in [1.807, 2.05) is 61.5 Å². The summed E-state index contributed by atoms with van der Waals surface area (Å²) in [4.78, 5) is 12.0. The van der Waals surface area contributed by atoms with Gasteiger partial charge in [0.05, 0.1) is 13.2 Å². The van der Waals surface area contributed by atoms with Crippen LogP contribution in [0.5, 0.6) is 5.75 Å². The number of para-hydroxylation sites is 1. The van der Waals surface area contributed by atoms with E-state index in [-0.39, 0.29) is 12.6 Å². The van der Waals surface area contributed by atoms with E-state index in [1.54, 1.807) is 6.92 Å². The van der Waals surface area contributed by atoms with Crippen molar-refractivity contribution in [1.29, 1.82) is 0 Å². The summed E-state index contributed by atoms with van der Waals surface area (Å²) in [5.41, 5.74) is 0.540. The number of benzene rings is 2. The van der Waals surface area contributed by atoms with Gasteiger partial charge in [0.2, 0.25) is 0 Å². The highest BCUT2D eigenvalue weighted by Crippen LogP contribution is 2.19. The summed E-state index contributed by atoms with van der Waals surface area (Å²) in [6.45, 7) is 4.64. The van der Waals surface area contributed by atoms with Crippen LogP contribution in [-0.2, 0) is 12.1 Å². The molecule has 2 aromatic rings. The molecule has 2 amide bonds. The van der Waals surface area contributed by atoms with Crippen LogP contribution in [0.25, 0.3) is 0 Å². The molecule has 0 fully saturated rings. The molecule has 2 aromatic carbocycles. The first-order chi connectivity index (χ1) is 11.5. The fourth-order valence-corrected chi connectivity index (χ4v) is 2.34. The molecule has 5 nitrogen and oxygen atoms in total. The minimum Gasteiger partial charge on any atom is -0.494 e. The minimum atomic E-state index is -1.12. The number of hydrogen-bond donors (Lipinski definition) is 3. The topological polar surface area (TPSA) is 70.6 Å². The average Bonchev–Trinajstić information content (AvgIpc) is 2.60. The third-order valence-electron chi connectivity index (χ3n) is 3.70. The van der Waals surface area contributed by atoms with Crippen LogP contribution in [0.15, 0.2) is 54.6 Å². The van der Waals surface area contributed by atoms with Crippen LogP contribution < -0.4 is 15.4 Å². The van der Waals surface area contributed by atoms with Crippen molar-refractivity contribution in [3.05, 3.63) is 65.7 Å². The molecule has 0 heterocycles. The van der Waals surface area contributed by atoms with E-state index in [2.05, 4.69) is 10.6 Å². The number of carbonyl (C=O) groups is 1. The maximum Gasteiger partial charge on any atom is 0.315 e. The highest BCUT2D eigenvalue weighted by molar-refractivity contribution is 5.74. The first-order valence-corrected chi connectivity index (χ1v) is 8.03. The predicted octanol–water partition coefficient (Wildman–Crippen LogP) is 2.79. The first kappa shape index (κ1) is 17.8. The lowest BCUT2D eigenvalue weighted by atomic mass is 9.96. The Morgan fingerprint density at radius 3 is 2.46 bits per heavy atom. The van der Waals surface area contributed by atoms with E-state index in [1.165, 1.54) is 0 Å². The molecule has 0 aliphatic carbocycles. The largest absolute Gasteiger partial charge is 0.494 e. The number of ether oxygens (including phenoxy) is 1. The van der Waals surface area contributed by atoms with Gasteiger partial charge in [0, 0.05) is 12.1 Å². The van der Waals surface area contributed by atoms with Crippen molar-refractivity contribution in [2.24, 2.45) is 0 Å². The number of urea groups is 1. The minimum absolute atomic E-state index is 0.121. The molecular formula is C19H24N2O3. The highest BCUT2D eigenvalue weighted by Gasteiger charge is 2.23. The zero-order valence-electron chi connectivity index (χ0n) is 14.1. The molecule has 5 heteroatoms. The smallest absolute Gasteiger partial charge is 0.315 e. The molecule has 2 rings (SSSR count). The fraction of sp³-hybridized carbons (Fsp3) is 0.316. The van der Waals surface area contributed by atoms with E-state index >= 15 is 0 Å². The summed E-state index contributed by atoms with van der Waals surface area (Å²) >= 11 is 0. The normalized spacial score (nSPS) is 13.0. The second kappa shape index (κ2) is 8.36. The second-order valence-electron chi connectivity index (χ2n) is 5.72. The van der Waals surface area contributed by atoms with Gasteiger partial charge in [0.1, 0.15) is 11.4 Å². The predicted molar refractivity (Wildman–Crippen MR) is 93.9 cm³/mol. The van der Waals surface area contributed by atoms with Crippen molar-refractivity contribution in [2.75, 3.05) is 13.2 Å². The molecular weight excluding hydrogens is 304 g/mol. The van der Waals surface area contributed by atoms with Gasteiger partial charge in [-0.25, -0.2) is 4.79 Å². The Labute approximate surface area is 142 Å². The van der Waals surface area contributed by atoms with Crippen molar-refractivity contribution in [1.82, 2.24) is 10.6 Å². The van der Waals surface area contributed by atoms with Gasteiger partial charge in [0.25, 0.3) is 0 Å². The summed E-state index contributed by atoms with van der Waals surface area (Å²) in [6, 6.07) is 16.5. The molecule has 0 bridgehead atoms. The highest BCUT2D eigenvalue weighted by atomic mass is 16.5. The van der Waals surface area contributed by atoms with Crippen molar-refractivity contribution in [2.45, 2.75) is 26.0 Å². The Balaban J connectivity index is 1.86. The molecule has 0 saturated heterocycles. The van der Waals surface area contributed by atoms with Crippen LogP contribution in [0, 0.1) is 0 Å². The lowest BCUT2D eigenvalue weighted by Crippen LogP contribution is -2.43. The van der Waals surface area contributed by atoms with Gasteiger partial charge in [0.15, 0.2) is 0 Å². The quantitative estimate of drug-likeness (QED) is 0.732. The zero-order valence-corrected chi connectivity index (χ0v) is 14.1. The van der Waals surface area contributed by atoms with Gasteiger partial charge in [-0.1, -0.05) is 48.5 Å². The molecule has 0 spiro atoms. The Morgan fingerprint density at radius 2 is 1.75 bits per heavy atom. The van der Waals surface area contributed by atoms with Gasteiger partial charge >= 0.3 is 6.03 Å². The van der Waals surface area contributed by atoms with E-state index < -0.39 is 5.60 Å². The Bertz CT molecular complexity index is 657. The Kier molecular flexibility index (Phi) is 6.21. The monoisotopic (exact) mass is 328 g/mol. The van der Waals surface area contributed by atoms with Crippen LogP contribution in [0.2, 0.25) is 0 Å². The van der Waals surface area contributed by atoms with Crippen molar-refractivity contribution in [3.8, 4) is 5.75 Å². The number of rotatable bonds is 7. The van der Waals surface area contributed by atoms with Crippen molar-refractivity contribution >= 4 is 6.03 Å². The summed E-state index contributed by atoms with van der Waals surface area (Å²) < 4.78 is 5.53. The molecule has 0 saturated carbocycles. The molecule has 3 N–H and O–H groups in total. The van der Waals surface area contributed by atoms with Gasteiger partial charge < -0.3 is 20.5 Å². The zero-order chi connectivity index (χ0) is 17.4.